The van der Waals surface area contributed by atoms with Crippen molar-refractivity contribution in [2.75, 3.05) is 11.9 Å². The third-order valence-corrected chi connectivity index (χ3v) is 3.33. The summed E-state index contributed by atoms with van der Waals surface area (Å²) < 4.78 is 0. The van der Waals surface area contributed by atoms with Crippen LogP contribution in [0.15, 0.2) is 54.6 Å². The number of carbonyl (C=O) groups excluding carboxylic acids is 1. The highest BCUT2D eigenvalue weighted by molar-refractivity contribution is 6.30. The van der Waals surface area contributed by atoms with Crippen LogP contribution in [0.2, 0.25) is 5.02 Å². The predicted octanol–water partition coefficient (Wildman–Crippen LogP) is 4.34. The molecular formula is C17H18ClNO. The molecule has 0 aliphatic rings. The van der Waals surface area contributed by atoms with Gasteiger partial charge in [-0.2, -0.15) is 0 Å². The quantitative estimate of drug-likeness (QED) is 0.820. The summed E-state index contributed by atoms with van der Waals surface area (Å²) >= 11 is 5.90. The lowest BCUT2D eigenvalue weighted by Gasteiger charge is -2.06. The number of carbonyl (C=O) groups is 1. The van der Waals surface area contributed by atoms with Crippen LogP contribution in [0.4, 0.5) is 5.69 Å². The van der Waals surface area contributed by atoms with Crippen LogP contribution in [0.1, 0.15) is 18.4 Å². The molecule has 0 spiro atoms. The van der Waals surface area contributed by atoms with Gasteiger partial charge in [-0.15, -0.1) is 0 Å². The molecule has 0 saturated carbocycles. The largest absolute Gasteiger partial charge is 0.385 e. The molecule has 0 radical (unpaired) electrons. The Morgan fingerprint density at radius 3 is 2.55 bits per heavy atom. The Bertz CT molecular complexity index is 554. The molecule has 0 bridgehead atoms. The minimum atomic E-state index is 0.281. The van der Waals surface area contributed by atoms with Crippen molar-refractivity contribution in [2.45, 2.75) is 19.3 Å². The van der Waals surface area contributed by atoms with Crippen molar-refractivity contribution < 1.29 is 4.79 Å². The average molecular weight is 288 g/mol. The van der Waals surface area contributed by atoms with Gasteiger partial charge in [0.15, 0.2) is 0 Å². The first-order valence-corrected chi connectivity index (χ1v) is 7.17. The molecule has 0 saturated heterocycles. The molecule has 0 unspecified atom stereocenters. The zero-order valence-electron chi connectivity index (χ0n) is 11.3. The molecule has 2 aromatic rings. The third kappa shape index (κ3) is 5.06. The number of rotatable bonds is 7. The number of halogens is 1. The van der Waals surface area contributed by atoms with Crippen molar-refractivity contribution in [2.24, 2.45) is 0 Å². The van der Waals surface area contributed by atoms with Gasteiger partial charge >= 0.3 is 0 Å². The molecule has 0 aromatic heterocycles. The van der Waals surface area contributed by atoms with Gasteiger partial charge in [-0.25, -0.2) is 0 Å². The summed E-state index contributed by atoms with van der Waals surface area (Å²) in [4.78, 5) is 11.8. The minimum absolute atomic E-state index is 0.281. The van der Waals surface area contributed by atoms with E-state index in [2.05, 4.69) is 17.4 Å². The van der Waals surface area contributed by atoms with E-state index in [1.165, 1.54) is 5.56 Å². The van der Waals surface area contributed by atoms with E-state index in [0.717, 1.165) is 12.1 Å². The fourth-order valence-corrected chi connectivity index (χ4v) is 2.19. The third-order valence-electron chi connectivity index (χ3n) is 3.09. The Hall–Kier alpha value is -1.80. The van der Waals surface area contributed by atoms with Crippen LogP contribution in [0.5, 0.6) is 0 Å². The van der Waals surface area contributed by atoms with Crippen LogP contribution in [0, 0.1) is 0 Å². The topological polar surface area (TPSA) is 29.1 Å². The maximum absolute atomic E-state index is 11.8. The maximum atomic E-state index is 11.8. The molecule has 0 aliphatic carbocycles. The number of hydrogen-bond donors (Lipinski definition) is 1. The van der Waals surface area contributed by atoms with Crippen molar-refractivity contribution in [3.8, 4) is 0 Å². The van der Waals surface area contributed by atoms with E-state index in [0.29, 0.717) is 24.4 Å². The molecule has 20 heavy (non-hydrogen) atoms. The van der Waals surface area contributed by atoms with Gasteiger partial charge in [0.1, 0.15) is 5.78 Å². The van der Waals surface area contributed by atoms with Crippen LogP contribution in [0.25, 0.3) is 0 Å². The van der Waals surface area contributed by atoms with E-state index in [1.54, 1.807) is 0 Å². The van der Waals surface area contributed by atoms with Crippen molar-refractivity contribution in [3.05, 3.63) is 65.2 Å². The van der Waals surface area contributed by atoms with Gasteiger partial charge in [0.05, 0.1) is 0 Å². The van der Waals surface area contributed by atoms with Gasteiger partial charge in [-0.05, 0) is 30.2 Å². The summed E-state index contributed by atoms with van der Waals surface area (Å²) in [6.45, 7) is 0.647. The second kappa shape index (κ2) is 7.71. The van der Waals surface area contributed by atoms with Crippen molar-refractivity contribution in [3.63, 3.8) is 0 Å². The van der Waals surface area contributed by atoms with Crippen molar-refractivity contribution >= 4 is 23.1 Å². The van der Waals surface area contributed by atoms with Crippen LogP contribution in [-0.4, -0.2) is 12.3 Å². The number of benzene rings is 2. The summed E-state index contributed by atoms with van der Waals surface area (Å²) in [5.41, 5.74) is 2.16. The van der Waals surface area contributed by atoms with E-state index in [4.69, 9.17) is 11.6 Å². The minimum Gasteiger partial charge on any atom is -0.385 e. The highest BCUT2D eigenvalue weighted by atomic mass is 35.5. The van der Waals surface area contributed by atoms with E-state index < -0.39 is 0 Å². The van der Waals surface area contributed by atoms with Crippen molar-refractivity contribution in [1.29, 1.82) is 0 Å². The van der Waals surface area contributed by atoms with Crippen LogP contribution < -0.4 is 5.32 Å². The molecule has 0 aliphatic heterocycles. The lowest BCUT2D eigenvalue weighted by Crippen LogP contribution is -2.09. The Balaban J connectivity index is 1.68. The molecule has 2 nitrogen and oxygen atoms in total. The lowest BCUT2D eigenvalue weighted by atomic mass is 10.1. The fourth-order valence-electron chi connectivity index (χ4n) is 2.00. The second-order valence-corrected chi connectivity index (χ2v) is 5.15. The van der Waals surface area contributed by atoms with Gasteiger partial charge in [0.25, 0.3) is 0 Å². The van der Waals surface area contributed by atoms with E-state index in [9.17, 15) is 4.79 Å². The molecule has 0 heterocycles. The number of anilines is 1. The smallest absolute Gasteiger partial charge is 0.134 e. The SMILES string of the molecule is O=C(CCNc1cccc(Cl)c1)CCc1ccccc1. The number of ketones is 1. The zero-order chi connectivity index (χ0) is 14.2. The fraction of sp³-hybridized carbons (Fsp3) is 0.235. The summed E-state index contributed by atoms with van der Waals surface area (Å²) in [7, 11) is 0. The molecule has 1 N–H and O–H groups in total. The van der Waals surface area contributed by atoms with Crippen LogP contribution in [0.3, 0.4) is 0 Å². The van der Waals surface area contributed by atoms with Crippen molar-refractivity contribution in [1.82, 2.24) is 0 Å². The second-order valence-electron chi connectivity index (χ2n) is 4.71. The molecule has 0 atom stereocenters. The van der Waals surface area contributed by atoms with E-state index in [-0.39, 0.29) is 5.78 Å². The highest BCUT2D eigenvalue weighted by Gasteiger charge is 2.02. The number of Topliss-reactive ketones (excluding diaryl/α,β-unsaturated/α-hetero) is 1. The first-order chi connectivity index (χ1) is 9.74. The predicted molar refractivity (Wildman–Crippen MR) is 84.3 cm³/mol. The monoisotopic (exact) mass is 287 g/mol. The summed E-state index contributed by atoms with van der Waals surface area (Å²) in [6, 6.07) is 17.6. The van der Waals surface area contributed by atoms with Gasteiger partial charge in [-0.3, -0.25) is 4.79 Å². The highest BCUT2D eigenvalue weighted by Crippen LogP contribution is 2.14. The molecule has 2 aromatic carbocycles. The summed E-state index contributed by atoms with van der Waals surface area (Å²) in [5, 5.41) is 3.91. The average Bonchev–Trinajstić information content (AvgIpc) is 2.46. The van der Waals surface area contributed by atoms with Gasteiger partial charge in [0, 0.05) is 30.1 Å². The van der Waals surface area contributed by atoms with Crippen LogP contribution >= 0.6 is 11.6 Å². The summed E-state index contributed by atoms with van der Waals surface area (Å²) in [6.07, 6.45) is 1.96. The van der Waals surface area contributed by atoms with E-state index in [1.807, 2.05) is 42.5 Å². The molecule has 2 rings (SSSR count). The lowest BCUT2D eigenvalue weighted by molar-refractivity contribution is -0.118. The molecule has 3 heteroatoms. The normalized spacial score (nSPS) is 10.2. The number of aryl methyl sites for hydroxylation is 1. The standard InChI is InChI=1S/C17H18ClNO/c18-15-7-4-8-16(13-15)19-12-11-17(20)10-9-14-5-2-1-3-6-14/h1-8,13,19H,9-12H2. The Kier molecular flexibility index (Phi) is 5.63. The van der Waals surface area contributed by atoms with E-state index >= 15 is 0 Å². The number of nitrogens with one attached hydrogen (secondary N) is 1. The zero-order valence-corrected chi connectivity index (χ0v) is 12.1. The maximum Gasteiger partial charge on any atom is 0.134 e. The Labute approximate surface area is 124 Å². The van der Waals surface area contributed by atoms with Gasteiger partial charge < -0.3 is 5.32 Å². The molecule has 104 valence electrons. The van der Waals surface area contributed by atoms with Crippen LogP contribution in [-0.2, 0) is 11.2 Å². The summed E-state index contributed by atoms with van der Waals surface area (Å²) in [5.74, 6) is 0.281. The number of hydrogen-bond acceptors (Lipinski definition) is 2. The Morgan fingerprint density at radius 1 is 1.00 bits per heavy atom. The van der Waals surface area contributed by atoms with Gasteiger partial charge in [0.2, 0.25) is 0 Å². The molecular weight excluding hydrogens is 270 g/mol. The Morgan fingerprint density at radius 2 is 1.80 bits per heavy atom. The van der Waals surface area contributed by atoms with Gasteiger partial charge in [-0.1, -0.05) is 48.0 Å². The first-order valence-electron chi connectivity index (χ1n) is 6.79. The first kappa shape index (κ1) is 14.6. The molecule has 0 amide bonds. The molecule has 0 fully saturated rings.